The van der Waals surface area contributed by atoms with E-state index in [9.17, 15) is 0 Å². The van der Waals surface area contributed by atoms with Gasteiger partial charge in [-0.25, -0.2) is 0 Å². The largest absolute Gasteiger partial charge is 0.456 e. The molecule has 0 atom stereocenters. The zero-order chi connectivity index (χ0) is 43.8. The standard InChI is InChI=1S/C54H44N10O2/c1-3-11-53-51(9-1)61(41-17-13-39(14-18-41)59-25-5-6-26-59)37-63(53)43-29-47(35-55-33-43)65-45-21-23-57-49(31-45)50-32-46(22-24-58-50)66-48-30-44(34-56-36-48)64-38-62(52-10-2-4-12-54(52)64)42-19-15-40(16-20-42)60-27-7-8-28-60/h1-4,9-24,29-36H,5-8,25-28H2. The molecule has 0 N–H and O–H groups in total. The molecule has 12 heteroatoms. The molecular weight excluding hydrogens is 821 g/mol. The molecule has 8 heterocycles. The summed E-state index contributed by atoms with van der Waals surface area (Å²) >= 11 is 0. The van der Waals surface area contributed by atoms with E-state index in [2.05, 4.69) is 136 Å². The second kappa shape index (κ2) is 17.0. The number of imidazole rings is 2. The Morgan fingerprint density at radius 1 is 0.424 bits per heavy atom. The maximum absolute atomic E-state index is 6.42. The lowest BCUT2D eigenvalue weighted by atomic mass is 10.2. The van der Waals surface area contributed by atoms with E-state index < -0.39 is 0 Å². The van der Waals surface area contributed by atoms with Gasteiger partial charge >= 0.3 is 0 Å². The maximum atomic E-state index is 6.42. The van der Waals surface area contributed by atoms with Crippen molar-refractivity contribution in [1.82, 2.24) is 29.1 Å². The Hall–Kier alpha value is -8.38. The van der Waals surface area contributed by atoms with E-state index in [1.807, 2.05) is 70.1 Å². The summed E-state index contributed by atoms with van der Waals surface area (Å²) in [4.78, 5) is 23.3. The first-order valence-corrected chi connectivity index (χ1v) is 22.5. The highest BCUT2D eigenvalue weighted by atomic mass is 16.5. The predicted molar refractivity (Wildman–Crippen MR) is 253 cm³/mol. The van der Waals surface area contributed by atoms with E-state index in [1.54, 1.807) is 24.8 Å². The van der Waals surface area contributed by atoms with Gasteiger partial charge in [-0.15, -0.1) is 0 Å². The van der Waals surface area contributed by atoms with E-state index in [0.29, 0.717) is 34.4 Å². The molecular formula is C54H44N10O2. The quantitative estimate of drug-likeness (QED) is 0.0938. The van der Waals surface area contributed by atoms with Crippen molar-refractivity contribution in [3.05, 3.63) is 183 Å². The smallest absolute Gasteiger partial charge is 0.269 e. The molecule has 2 aliphatic heterocycles. The zero-order valence-electron chi connectivity index (χ0n) is 36.1. The first kappa shape index (κ1) is 39.2. The van der Waals surface area contributed by atoms with Crippen LogP contribution in [0.2, 0.25) is 0 Å². The Bertz CT molecular complexity index is 3130. The molecule has 0 saturated carbocycles. The molecule has 10 aromatic rings. The maximum Gasteiger partial charge on any atom is 0.269 e. The van der Waals surface area contributed by atoms with Crippen LogP contribution in [0.25, 0.3) is 56.2 Å². The fraction of sp³-hybridized carbons (Fsp3) is 0.148. The molecule has 0 radical (unpaired) electrons. The van der Waals surface area contributed by atoms with Crippen LogP contribution in [0.3, 0.4) is 0 Å². The topological polar surface area (TPSA) is 94.1 Å². The number of hydrogen-bond acceptors (Lipinski definition) is 8. The minimum Gasteiger partial charge on any atom is -0.456 e. The Kier molecular flexibility index (Phi) is 10.1. The Morgan fingerprint density at radius 2 is 0.833 bits per heavy atom. The van der Waals surface area contributed by atoms with E-state index in [-0.39, 0.29) is 0 Å². The van der Waals surface area contributed by atoms with Gasteiger partial charge in [0.2, 0.25) is 0 Å². The second-order valence-electron chi connectivity index (χ2n) is 16.7. The number of rotatable bonds is 11. The molecule has 0 amide bonds. The number of aromatic nitrogens is 8. The summed E-state index contributed by atoms with van der Waals surface area (Å²) in [7, 11) is 0. The highest BCUT2D eigenvalue weighted by Gasteiger charge is 2.18. The van der Waals surface area contributed by atoms with Crippen LogP contribution in [0, 0.1) is 12.7 Å². The third-order valence-electron chi connectivity index (χ3n) is 12.4. The lowest BCUT2D eigenvalue weighted by Crippen LogP contribution is -2.29. The van der Waals surface area contributed by atoms with E-state index in [0.717, 1.165) is 71.0 Å². The van der Waals surface area contributed by atoms with Gasteiger partial charge in [0.1, 0.15) is 23.0 Å². The summed E-state index contributed by atoms with van der Waals surface area (Å²) in [5.41, 5.74) is 11.6. The summed E-state index contributed by atoms with van der Waals surface area (Å²) in [5, 5.41) is 0. The molecule has 12 rings (SSSR count). The molecule has 322 valence electrons. The third-order valence-corrected chi connectivity index (χ3v) is 12.4. The van der Waals surface area contributed by atoms with Gasteiger partial charge in [-0.1, -0.05) is 48.5 Å². The fourth-order valence-electron chi connectivity index (χ4n) is 9.14. The molecule has 12 nitrogen and oxygen atoms in total. The fourth-order valence-corrected chi connectivity index (χ4v) is 9.14. The third kappa shape index (κ3) is 7.61. The normalized spacial score (nSPS) is 13.8. The van der Waals surface area contributed by atoms with Crippen LogP contribution >= 0.6 is 0 Å². The molecule has 4 aromatic carbocycles. The number of pyridine rings is 4. The average molecular weight is 865 g/mol. The lowest BCUT2D eigenvalue weighted by Gasteiger charge is -2.17. The van der Waals surface area contributed by atoms with Crippen LogP contribution in [-0.2, 0) is 0 Å². The van der Waals surface area contributed by atoms with Crippen molar-refractivity contribution in [1.29, 1.82) is 0 Å². The molecule has 2 fully saturated rings. The van der Waals surface area contributed by atoms with Crippen molar-refractivity contribution in [2.75, 3.05) is 36.0 Å². The number of fused-ring (bicyclic) bond motifs is 2. The van der Waals surface area contributed by atoms with Crippen LogP contribution in [0.5, 0.6) is 23.0 Å². The summed E-state index contributed by atoms with van der Waals surface area (Å²) < 4.78 is 21.1. The molecule has 2 saturated heterocycles. The van der Waals surface area contributed by atoms with Crippen molar-refractivity contribution >= 4 is 33.4 Å². The minimum atomic E-state index is 0.573. The van der Waals surface area contributed by atoms with Gasteiger partial charge in [-0.3, -0.25) is 38.2 Å². The van der Waals surface area contributed by atoms with Crippen LogP contribution in [0.4, 0.5) is 11.4 Å². The monoisotopic (exact) mass is 864 g/mol. The van der Waals surface area contributed by atoms with Crippen molar-refractivity contribution in [3.63, 3.8) is 0 Å². The van der Waals surface area contributed by atoms with Crippen LogP contribution in [-0.4, -0.2) is 55.2 Å². The van der Waals surface area contributed by atoms with Gasteiger partial charge in [-0.2, -0.15) is 0 Å². The molecule has 0 bridgehead atoms. The van der Waals surface area contributed by atoms with Gasteiger partial charge in [0.25, 0.3) is 12.7 Å². The van der Waals surface area contributed by atoms with Crippen molar-refractivity contribution in [2.24, 2.45) is 0 Å². The van der Waals surface area contributed by atoms with Gasteiger partial charge in [0.05, 0.1) is 68.6 Å². The zero-order valence-corrected chi connectivity index (χ0v) is 36.1. The Balaban J connectivity index is 0.773. The van der Waals surface area contributed by atoms with E-state index in [1.165, 1.54) is 37.1 Å². The van der Waals surface area contributed by atoms with Gasteiger partial charge in [0, 0.05) is 74.5 Å². The molecule has 6 aromatic heterocycles. The lowest BCUT2D eigenvalue weighted by molar-refractivity contribution is -0.573. The molecule has 0 spiro atoms. The summed E-state index contributed by atoms with van der Waals surface area (Å²) in [6.07, 6.45) is 22.6. The molecule has 0 aliphatic carbocycles. The molecule has 2 aliphatic rings. The first-order valence-electron chi connectivity index (χ1n) is 22.5. The highest BCUT2D eigenvalue weighted by molar-refractivity contribution is 5.76. The molecule has 0 unspecified atom stereocenters. The van der Waals surface area contributed by atoms with Crippen LogP contribution in [0.1, 0.15) is 25.7 Å². The average Bonchev–Trinajstić information content (AvgIpc) is 4.22. The Labute approximate surface area is 381 Å². The van der Waals surface area contributed by atoms with Gasteiger partial charge < -0.3 is 19.3 Å². The number of hydrogen-bond donors (Lipinski definition) is 0. The van der Waals surface area contributed by atoms with Crippen LogP contribution < -0.4 is 28.4 Å². The highest BCUT2D eigenvalue weighted by Crippen LogP contribution is 2.31. The number of nitrogens with zero attached hydrogens (tertiary/aromatic N) is 10. The van der Waals surface area contributed by atoms with Crippen molar-refractivity contribution in [2.45, 2.75) is 25.7 Å². The Morgan fingerprint density at radius 3 is 1.27 bits per heavy atom. The first-order chi connectivity index (χ1) is 32.7. The van der Waals surface area contributed by atoms with Gasteiger partial charge in [-0.05, 0) is 98.5 Å². The number of anilines is 2. The number of ether oxygens (including phenoxy) is 2. The van der Waals surface area contributed by atoms with Crippen LogP contribution in [0.15, 0.2) is 171 Å². The minimum absolute atomic E-state index is 0.573. The van der Waals surface area contributed by atoms with Crippen molar-refractivity contribution in [3.8, 4) is 57.1 Å². The van der Waals surface area contributed by atoms with Crippen molar-refractivity contribution < 1.29 is 18.6 Å². The summed E-state index contributed by atoms with van der Waals surface area (Å²) in [6.45, 7) is 4.45. The predicted octanol–water partition coefficient (Wildman–Crippen LogP) is 9.76. The summed E-state index contributed by atoms with van der Waals surface area (Å²) in [6, 6.07) is 45.4. The van der Waals surface area contributed by atoms with Gasteiger partial charge in [0.15, 0.2) is 0 Å². The second-order valence-corrected chi connectivity index (χ2v) is 16.7. The number of benzene rings is 4. The SMILES string of the molecule is [c-]1n(-c2ccc(N3CCCC3)cc2)c2ccccc2[n+]1-c1cncc(Oc2ccnc(-c3cc(Oc4cncc(-[n+]5[c-]n(-c6ccc(N7CCCC7)cc6)c6ccccc65)c4)ccn3)c2)c1. The van der Waals surface area contributed by atoms with E-state index >= 15 is 0 Å². The molecule has 66 heavy (non-hydrogen) atoms. The summed E-state index contributed by atoms with van der Waals surface area (Å²) in [5.74, 6) is 2.33. The van der Waals surface area contributed by atoms with E-state index in [4.69, 9.17) is 9.47 Å². The number of para-hydroxylation sites is 4.